The third-order valence-corrected chi connectivity index (χ3v) is 2.11. The lowest BCUT2D eigenvalue weighted by Crippen LogP contribution is -2.33. The predicted octanol–water partition coefficient (Wildman–Crippen LogP) is 4.11. The number of alkyl halides is 5. The molecular formula is C11H10F5. The summed E-state index contributed by atoms with van der Waals surface area (Å²) in [6.45, 7) is 3.51. The first-order chi connectivity index (χ1) is 7.29. The van der Waals surface area contributed by atoms with E-state index in [1.165, 1.54) is 12.1 Å². The quantitative estimate of drug-likeness (QED) is 0.694. The minimum Gasteiger partial charge on any atom is -0.191 e. The molecule has 1 aromatic carbocycles. The second-order valence-corrected chi connectivity index (χ2v) is 3.38. The van der Waals surface area contributed by atoms with Gasteiger partial charge in [-0.15, -0.1) is 0 Å². The van der Waals surface area contributed by atoms with Gasteiger partial charge in [0.1, 0.15) is 0 Å². The molecule has 89 valence electrons. The van der Waals surface area contributed by atoms with Crippen molar-refractivity contribution in [3.8, 4) is 0 Å². The van der Waals surface area contributed by atoms with Crippen LogP contribution in [0.2, 0.25) is 0 Å². The van der Waals surface area contributed by atoms with E-state index in [1.807, 2.05) is 0 Å². The molecule has 0 saturated carbocycles. The highest BCUT2D eigenvalue weighted by Crippen LogP contribution is 2.43. The highest BCUT2D eigenvalue weighted by Gasteiger charge is 2.58. The molecule has 0 fully saturated rings. The average Bonchev–Trinajstić information content (AvgIpc) is 2.17. The fraction of sp³-hybridized carbons (Fsp3) is 0.364. The zero-order chi connectivity index (χ0) is 12.4. The van der Waals surface area contributed by atoms with Crippen molar-refractivity contribution in [2.24, 2.45) is 0 Å². The van der Waals surface area contributed by atoms with Gasteiger partial charge in [-0.3, -0.25) is 0 Å². The van der Waals surface area contributed by atoms with Crippen molar-refractivity contribution < 1.29 is 22.0 Å². The Morgan fingerprint density at radius 1 is 1.06 bits per heavy atom. The Kier molecular flexibility index (Phi) is 3.55. The minimum absolute atomic E-state index is 0.377. The maximum Gasteiger partial charge on any atom is 0.458 e. The Hall–Kier alpha value is -1.13. The van der Waals surface area contributed by atoms with E-state index >= 15 is 0 Å². The molecule has 1 aromatic rings. The zero-order valence-corrected chi connectivity index (χ0v) is 8.32. The molecule has 0 aromatic heterocycles. The lowest BCUT2D eigenvalue weighted by molar-refractivity contribution is -0.289. The first-order valence-electron chi connectivity index (χ1n) is 4.62. The highest BCUT2D eigenvalue weighted by molar-refractivity contribution is 5.28. The molecule has 0 N–H and O–H groups in total. The fourth-order valence-electron chi connectivity index (χ4n) is 1.29. The van der Waals surface area contributed by atoms with Crippen molar-refractivity contribution in [3.05, 3.63) is 42.3 Å². The van der Waals surface area contributed by atoms with Crippen molar-refractivity contribution in [2.75, 3.05) is 0 Å². The van der Waals surface area contributed by atoms with Crippen LogP contribution in [0, 0.1) is 6.92 Å². The average molecular weight is 237 g/mol. The summed E-state index contributed by atoms with van der Waals surface area (Å²) in [5.41, 5.74) is -0.595. The molecule has 0 saturated heterocycles. The largest absolute Gasteiger partial charge is 0.458 e. The summed E-state index contributed by atoms with van der Waals surface area (Å²) in [6.07, 6.45) is -4.74. The van der Waals surface area contributed by atoms with Crippen LogP contribution in [-0.2, 0) is 12.3 Å². The summed E-state index contributed by atoms with van der Waals surface area (Å²) in [4.78, 5) is 0. The Bertz CT molecular complexity index is 354. The summed E-state index contributed by atoms with van der Waals surface area (Å²) in [6, 6.07) is 4.35. The second-order valence-electron chi connectivity index (χ2n) is 3.38. The molecule has 0 aliphatic rings. The lowest BCUT2D eigenvalue weighted by Gasteiger charge is -2.20. The van der Waals surface area contributed by atoms with E-state index in [0.717, 1.165) is 12.1 Å². The van der Waals surface area contributed by atoms with Crippen molar-refractivity contribution in [2.45, 2.75) is 24.9 Å². The zero-order valence-electron chi connectivity index (χ0n) is 8.32. The van der Waals surface area contributed by atoms with E-state index in [4.69, 9.17) is 0 Å². The second kappa shape index (κ2) is 4.39. The van der Waals surface area contributed by atoms with E-state index in [1.54, 1.807) is 0 Å². The summed E-state index contributed by atoms with van der Waals surface area (Å²) in [5.74, 6) is -4.80. The summed E-state index contributed by atoms with van der Waals surface area (Å²) >= 11 is 0. The van der Waals surface area contributed by atoms with Crippen LogP contribution < -0.4 is 0 Å². The van der Waals surface area contributed by atoms with Gasteiger partial charge in [-0.2, -0.15) is 22.0 Å². The third-order valence-electron chi connectivity index (χ3n) is 2.11. The van der Waals surface area contributed by atoms with Gasteiger partial charge in [0.05, 0.1) is 0 Å². The van der Waals surface area contributed by atoms with Gasteiger partial charge in [-0.1, -0.05) is 25.1 Å². The number of hydrogen-bond acceptors (Lipinski definition) is 0. The Labute approximate surface area is 90.1 Å². The molecule has 0 spiro atoms. The number of aryl methyl sites for hydroxylation is 1. The van der Waals surface area contributed by atoms with Gasteiger partial charge in [0.15, 0.2) is 0 Å². The predicted molar refractivity (Wildman–Crippen MR) is 50.1 cm³/mol. The Morgan fingerprint density at radius 2 is 1.69 bits per heavy atom. The monoisotopic (exact) mass is 237 g/mol. The summed E-state index contributed by atoms with van der Waals surface area (Å²) in [7, 11) is 0. The van der Waals surface area contributed by atoms with E-state index < -0.39 is 17.7 Å². The molecule has 5 heteroatoms. The molecular weight excluding hydrogens is 227 g/mol. The van der Waals surface area contributed by atoms with Crippen LogP contribution in [0.25, 0.3) is 0 Å². The van der Waals surface area contributed by atoms with Crippen LogP contribution in [0.4, 0.5) is 22.0 Å². The maximum atomic E-state index is 12.9. The van der Waals surface area contributed by atoms with Gasteiger partial charge < -0.3 is 0 Å². The van der Waals surface area contributed by atoms with Gasteiger partial charge in [0.25, 0.3) is 0 Å². The Balaban J connectivity index is 3.08. The van der Waals surface area contributed by atoms with E-state index in [2.05, 4.69) is 6.92 Å². The van der Waals surface area contributed by atoms with Crippen LogP contribution in [0.1, 0.15) is 17.5 Å². The van der Waals surface area contributed by atoms with E-state index in [-0.39, 0.29) is 0 Å². The molecule has 16 heavy (non-hydrogen) atoms. The smallest absolute Gasteiger partial charge is 0.191 e. The third kappa shape index (κ3) is 2.51. The summed E-state index contributed by atoms with van der Waals surface area (Å²) < 4.78 is 62.1. The SMILES string of the molecule is [CH2]CCc1cccc(C(F)(F)C(F)(F)F)c1. The van der Waals surface area contributed by atoms with Gasteiger partial charge in [0, 0.05) is 5.56 Å². The minimum atomic E-state index is -5.56. The number of benzene rings is 1. The van der Waals surface area contributed by atoms with Crippen LogP contribution in [-0.4, -0.2) is 6.18 Å². The number of rotatable bonds is 3. The molecule has 0 nitrogen and oxygen atoms in total. The highest BCUT2D eigenvalue weighted by atomic mass is 19.4. The van der Waals surface area contributed by atoms with Gasteiger partial charge >= 0.3 is 12.1 Å². The van der Waals surface area contributed by atoms with Crippen molar-refractivity contribution in [3.63, 3.8) is 0 Å². The summed E-state index contributed by atoms with van der Waals surface area (Å²) in [5, 5.41) is 0. The van der Waals surface area contributed by atoms with Crippen molar-refractivity contribution in [1.29, 1.82) is 0 Å². The van der Waals surface area contributed by atoms with E-state index in [0.29, 0.717) is 18.4 Å². The number of hydrogen-bond donors (Lipinski definition) is 0. The molecule has 0 amide bonds. The lowest BCUT2D eigenvalue weighted by atomic mass is 10.0. The topological polar surface area (TPSA) is 0 Å². The standard InChI is InChI=1S/C11H10F5/c1-2-4-8-5-3-6-9(7-8)10(12,13)11(14,15)16/h3,5-7H,1-2,4H2. The van der Waals surface area contributed by atoms with Gasteiger partial charge in [-0.05, 0) is 24.5 Å². The van der Waals surface area contributed by atoms with Crippen molar-refractivity contribution >= 4 is 0 Å². The molecule has 1 rings (SSSR count). The molecule has 0 atom stereocenters. The van der Waals surface area contributed by atoms with Crippen LogP contribution in [0.15, 0.2) is 24.3 Å². The number of halogens is 5. The van der Waals surface area contributed by atoms with Crippen LogP contribution >= 0.6 is 0 Å². The molecule has 0 unspecified atom stereocenters. The normalized spacial score (nSPS) is 12.9. The van der Waals surface area contributed by atoms with Crippen LogP contribution in [0.3, 0.4) is 0 Å². The first-order valence-corrected chi connectivity index (χ1v) is 4.62. The fourth-order valence-corrected chi connectivity index (χ4v) is 1.29. The first kappa shape index (κ1) is 12.9. The van der Waals surface area contributed by atoms with Crippen LogP contribution in [0.5, 0.6) is 0 Å². The molecule has 1 radical (unpaired) electrons. The van der Waals surface area contributed by atoms with Gasteiger partial charge in [-0.25, -0.2) is 0 Å². The molecule has 0 heterocycles. The maximum absolute atomic E-state index is 12.9. The molecule has 0 aliphatic carbocycles. The van der Waals surface area contributed by atoms with Crippen molar-refractivity contribution in [1.82, 2.24) is 0 Å². The van der Waals surface area contributed by atoms with Gasteiger partial charge in [0.2, 0.25) is 0 Å². The Morgan fingerprint density at radius 3 is 2.19 bits per heavy atom. The molecule has 0 aliphatic heterocycles. The van der Waals surface area contributed by atoms with E-state index in [9.17, 15) is 22.0 Å². The molecule has 0 bridgehead atoms.